The molecule has 0 spiro atoms. The zero-order valence-electron chi connectivity index (χ0n) is 8.63. The molecule has 1 aromatic rings. The number of hydrogen-bond donors (Lipinski definition) is 0. The molecule has 1 fully saturated rings. The van der Waals surface area contributed by atoms with Crippen LogP contribution in [0.1, 0.15) is 29.9 Å². The molecule has 0 bridgehead atoms. The number of rotatable bonds is 5. The molecule has 1 aliphatic rings. The molecule has 88 valence electrons. The van der Waals surface area contributed by atoms with Crippen molar-refractivity contribution in [2.24, 2.45) is 0 Å². The van der Waals surface area contributed by atoms with Gasteiger partial charge in [-0.1, -0.05) is 0 Å². The van der Waals surface area contributed by atoms with E-state index >= 15 is 0 Å². The van der Waals surface area contributed by atoms with Crippen LogP contribution in [0.3, 0.4) is 0 Å². The molecule has 0 unspecified atom stereocenters. The molecule has 0 aliphatic heterocycles. The van der Waals surface area contributed by atoms with Crippen LogP contribution in [0.25, 0.3) is 0 Å². The summed E-state index contributed by atoms with van der Waals surface area (Å²) in [4.78, 5) is 4.04. The molecule has 5 heteroatoms. The van der Waals surface area contributed by atoms with Crippen LogP contribution in [0.5, 0.6) is 5.88 Å². The van der Waals surface area contributed by atoms with Crippen LogP contribution in [0.15, 0.2) is 12.3 Å². The van der Waals surface area contributed by atoms with Crippen molar-refractivity contribution in [2.45, 2.75) is 31.1 Å². The lowest BCUT2D eigenvalue weighted by molar-refractivity contribution is 0.0790. The molecule has 1 saturated carbocycles. The van der Waals surface area contributed by atoms with Crippen molar-refractivity contribution in [3.8, 4) is 5.88 Å². The molecule has 0 amide bonds. The van der Waals surface area contributed by atoms with Gasteiger partial charge in [-0.3, -0.25) is 0 Å². The van der Waals surface area contributed by atoms with Crippen molar-refractivity contribution in [3.63, 3.8) is 0 Å². The standard InChI is InChI=1S/C11H12ClF2NO/c12-4-7-3-9(8-1-2-8)11(15-5-7)16-6-10(13)14/h3,5,8,10H,1-2,4,6H2. The number of pyridine rings is 1. The van der Waals surface area contributed by atoms with Crippen LogP contribution in [0.2, 0.25) is 0 Å². The number of halogens is 3. The van der Waals surface area contributed by atoms with Crippen LogP contribution in [0.4, 0.5) is 8.78 Å². The van der Waals surface area contributed by atoms with Gasteiger partial charge in [0.2, 0.25) is 5.88 Å². The van der Waals surface area contributed by atoms with Gasteiger partial charge in [-0.15, -0.1) is 11.6 Å². The monoisotopic (exact) mass is 247 g/mol. The molecule has 0 N–H and O–H groups in total. The second-order valence-electron chi connectivity index (χ2n) is 3.85. The maximum atomic E-state index is 12.0. The Balaban J connectivity index is 2.15. The average Bonchev–Trinajstić information content (AvgIpc) is 3.10. The second kappa shape index (κ2) is 4.95. The highest BCUT2D eigenvalue weighted by Crippen LogP contribution is 2.44. The zero-order chi connectivity index (χ0) is 11.5. The predicted molar refractivity (Wildman–Crippen MR) is 57.3 cm³/mol. The van der Waals surface area contributed by atoms with E-state index in [9.17, 15) is 8.78 Å². The third-order valence-corrected chi connectivity index (χ3v) is 2.76. The summed E-state index contributed by atoms with van der Waals surface area (Å²) in [5.41, 5.74) is 1.81. The lowest BCUT2D eigenvalue weighted by atomic mass is 10.1. The molecule has 1 aliphatic carbocycles. The Hall–Kier alpha value is -0.900. The van der Waals surface area contributed by atoms with Crippen LogP contribution in [-0.4, -0.2) is 18.0 Å². The van der Waals surface area contributed by atoms with E-state index in [1.165, 1.54) is 0 Å². The van der Waals surface area contributed by atoms with Gasteiger partial charge in [-0.2, -0.15) is 0 Å². The van der Waals surface area contributed by atoms with Crippen LogP contribution in [0, 0.1) is 0 Å². The van der Waals surface area contributed by atoms with Crippen molar-refractivity contribution < 1.29 is 13.5 Å². The smallest absolute Gasteiger partial charge is 0.272 e. The first-order valence-electron chi connectivity index (χ1n) is 5.16. The highest BCUT2D eigenvalue weighted by molar-refractivity contribution is 6.17. The summed E-state index contributed by atoms with van der Waals surface area (Å²) in [6.07, 6.45) is 1.23. The lowest BCUT2D eigenvalue weighted by Gasteiger charge is -2.10. The van der Waals surface area contributed by atoms with Gasteiger partial charge in [0.05, 0.1) is 0 Å². The first-order valence-corrected chi connectivity index (χ1v) is 5.70. The number of hydrogen-bond acceptors (Lipinski definition) is 2. The fraction of sp³-hybridized carbons (Fsp3) is 0.545. The molecule has 0 aromatic carbocycles. The minimum Gasteiger partial charge on any atom is -0.471 e. The summed E-state index contributed by atoms with van der Waals surface area (Å²) in [5, 5.41) is 0. The minimum absolute atomic E-state index is 0.330. The Morgan fingerprint density at radius 1 is 1.50 bits per heavy atom. The zero-order valence-corrected chi connectivity index (χ0v) is 9.38. The summed E-state index contributed by atoms with van der Waals surface area (Å²) in [6, 6.07) is 1.90. The van der Waals surface area contributed by atoms with E-state index in [-0.39, 0.29) is 0 Å². The minimum atomic E-state index is -2.47. The largest absolute Gasteiger partial charge is 0.471 e. The number of aromatic nitrogens is 1. The van der Waals surface area contributed by atoms with Gasteiger partial charge in [0.15, 0.2) is 6.61 Å². The van der Waals surface area contributed by atoms with Crippen molar-refractivity contribution in [1.29, 1.82) is 0 Å². The fourth-order valence-corrected chi connectivity index (χ4v) is 1.68. The maximum absolute atomic E-state index is 12.0. The number of ether oxygens (including phenoxy) is 1. The normalized spacial score (nSPS) is 15.5. The molecule has 0 atom stereocenters. The fourth-order valence-electron chi connectivity index (χ4n) is 1.54. The molecule has 2 rings (SSSR count). The molecule has 1 aromatic heterocycles. The quantitative estimate of drug-likeness (QED) is 0.745. The van der Waals surface area contributed by atoms with Gasteiger partial charge >= 0.3 is 0 Å². The number of alkyl halides is 3. The first-order chi connectivity index (χ1) is 7.70. The second-order valence-corrected chi connectivity index (χ2v) is 4.12. The summed E-state index contributed by atoms with van der Waals surface area (Å²) < 4.78 is 29.1. The van der Waals surface area contributed by atoms with Crippen LogP contribution in [-0.2, 0) is 5.88 Å². The molecule has 0 radical (unpaired) electrons. The topological polar surface area (TPSA) is 22.1 Å². The predicted octanol–water partition coefficient (Wildman–Crippen LogP) is 3.34. The van der Waals surface area contributed by atoms with Gasteiger partial charge in [0.25, 0.3) is 6.43 Å². The van der Waals surface area contributed by atoms with E-state index in [1.54, 1.807) is 6.20 Å². The van der Waals surface area contributed by atoms with E-state index in [4.69, 9.17) is 16.3 Å². The van der Waals surface area contributed by atoms with Crippen LogP contribution < -0.4 is 4.74 Å². The van der Waals surface area contributed by atoms with Crippen molar-refractivity contribution in [3.05, 3.63) is 23.4 Å². The Labute approximate surface area is 97.6 Å². The summed E-state index contributed by atoms with van der Waals surface area (Å²) in [7, 11) is 0. The maximum Gasteiger partial charge on any atom is 0.272 e. The molecule has 0 saturated heterocycles. The van der Waals surface area contributed by atoms with Gasteiger partial charge in [-0.25, -0.2) is 13.8 Å². The van der Waals surface area contributed by atoms with E-state index in [0.717, 1.165) is 24.0 Å². The van der Waals surface area contributed by atoms with Gasteiger partial charge in [0, 0.05) is 17.6 Å². The lowest BCUT2D eigenvalue weighted by Crippen LogP contribution is -2.09. The Kier molecular flexibility index (Phi) is 3.59. The van der Waals surface area contributed by atoms with Crippen molar-refractivity contribution in [1.82, 2.24) is 4.98 Å². The molecule has 2 nitrogen and oxygen atoms in total. The summed E-state index contributed by atoms with van der Waals surface area (Å²) >= 11 is 5.70. The van der Waals surface area contributed by atoms with Gasteiger partial charge < -0.3 is 4.74 Å². The van der Waals surface area contributed by atoms with E-state index in [1.807, 2.05) is 6.07 Å². The van der Waals surface area contributed by atoms with E-state index in [0.29, 0.717) is 17.7 Å². The van der Waals surface area contributed by atoms with Crippen molar-refractivity contribution >= 4 is 11.6 Å². The van der Waals surface area contributed by atoms with E-state index < -0.39 is 13.0 Å². The van der Waals surface area contributed by atoms with Gasteiger partial charge in [-0.05, 0) is 30.4 Å². The summed E-state index contributed by atoms with van der Waals surface area (Å²) in [6.45, 7) is -0.604. The van der Waals surface area contributed by atoms with E-state index in [2.05, 4.69) is 4.98 Å². The first kappa shape index (κ1) is 11.6. The highest BCUT2D eigenvalue weighted by Gasteiger charge is 2.28. The average molecular weight is 248 g/mol. The molecule has 1 heterocycles. The summed E-state index contributed by atoms with van der Waals surface area (Å²) in [5.74, 6) is 1.11. The third-order valence-electron chi connectivity index (χ3n) is 2.45. The van der Waals surface area contributed by atoms with Crippen molar-refractivity contribution in [2.75, 3.05) is 6.61 Å². The van der Waals surface area contributed by atoms with Crippen LogP contribution >= 0.6 is 11.6 Å². The Morgan fingerprint density at radius 3 is 2.81 bits per heavy atom. The number of nitrogens with zero attached hydrogens (tertiary/aromatic N) is 1. The molecular weight excluding hydrogens is 236 g/mol. The SMILES string of the molecule is FC(F)COc1ncc(CCl)cc1C1CC1. The Morgan fingerprint density at radius 2 is 2.25 bits per heavy atom. The molecule has 16 heavy (non-hydrogen) atoms. The van der Waals surface area contributed by atoms with Gasteiger partial charge in [0.1, 0.15) is 0 Å². The third kappa shape index (κ3) is 2.82. The highest BCUT2D eigenvalue weighted by atomic mass is 35.5. The molecular formula is C11H12ClF2NO. The Bertz CT molecular complexity index is 369.